The molecule has 3 aromatic rings. The van der Waals surface area contributed by atoms with Crippen LogP contribution in [0.15, 0.2) is 48.1 Å². The van der Waals surface area contributed by atoms with E-state index >= 15 is 0 Å². The molecule has 106 valence electrons. The van der Waals surface area contributed by atoms with Crippen LogP contribution in [0.4, 0.5) is 16.5 Å². The number of aryl methyl sites for hydroxylation is 1. The van der Waals surface area contributed by atoms with E-state index in [9.17, 15) is 0 Å². The third kappa shape index (κ3) is 3.03. The molecule has 0 atom stereocenters. The van der Waals surface area contributed by atoms with Crippen molar-refractivity contribution < 1.29 is 0 Å². The van der Waals surface area contributed by atoms with Crippen molar-refractivity contribution in [1.82, 2.24) is 9.97 Å². The molecule has 0 aliphatic heterocycles. The number of pyridine rings is 1. The van der Waals surface area contributed by atoms with Gasteiger partial charge < -0.3 is 11.1 Å². The van der Waals surface area contributed by atoms with Gasteiger partial charge in [-0.15, -0.1) is 11.3 Å². The second-order valence-electron chi connectivity index (χ2n) is 4.67. The standard InChI is InChI=1S/C16H16N4S/c1-2-11-5-6-13(8-14(11)17)19-16-20-15(10-21-16)12-4-3-7-18-9-12/h3-10H,2,17H2,1H3,(H,19,20). The predicted octanol–water partition coefficient (Wildman–Crippen LogP) is 4.09. The summed E-state index contributed by atoms with van der Waals surface area (Å²) >= 11 is 1.56. The Morgan fingerprint density at radius 1 is 1.29 bits per heavy atom. The Kier molecular flexibility index (Phi) is 3.83. The van der Waals surface area contributed by atoms with Crippen LogP contribution in [0.1, 0.15) is 12.5 Å². The van der Waals surface area contributed by atoms with Gasteiger partial charge in [-0.2, -0.15) is 0 Å². The van der Waals surface area contributed by atoms with Crippen molar-refractivity contribution in [1.29, 1.82) is 0 Å². The second kappa shape index (κ2) is 5.93. The number of anilines is 3. The highest BCUT2D eigenvalue weighted by atomic mass is 32.1. The molecule has 2 heterocycles. The molecular weight excluding hydrogens is 280 g/mol. The molecule has 0 aliphatic carbocycles. The van der Waals surface area contributed by atoms with Gasteiger partial charge in [-0.25, -0.2) is 4.98 Å². The largest absolute Gasteiger partial charge is 0.398 e. The fourth-order valence-corrected chi connectivity index (χ4v) is 2.84. The molecule has 0 unspecified atom stereocenters. The van der Waals surface area contributed by atoms with Gasteiger partial charge >= 0.3 is 0 Å². The molecule has 0 spiro atoms. The summed E-state index contributed by atoms with van der Waals surface area (Å²) in [5, 5.41) is 6.16. The van der Waals surface area contributed by atoms with Gasteiger partial charge in [0, 0.05) is 34.7 Å². The number of rotatable bonds is 4. The van der Waals surface area contributed by atoms with Crippen molar-refractivity contribution >= 4 is 27.8 Å². The van der Waals surface area contributed by atoms with Crippen LogP contribution in [0.3, 0.4) is 0 Å². The van der Waals surface area contributed by atoms with E-state index in [1.54, 1.807) is 17.5 Å². The average molecular weight is 296 g/mol. The number of aromatic nitrogens is 2. The SMILES string of the molecule is CCc1ccc(Nc2nc(-c3cccnc3)cs2)cc1N. The Morgan fingerprint density at radius 2 is 2.19 bits per heavy atom. The molecule has 0 bridgehead atoms. The van der Waals surface area contributed by atoms with E-state index in [1.807, 2.05) is 41.9 Å². The molecule has 21 heavy (non-hydrogen) atoms. The molecular formula is C16H16N4S. The Labute approximate surface area is 127 Å². The number of nitrogens with zero attached hydrogens (tertiary/aromatic N) is 2. The molecule has 1 aromatic carbocycles. The van der Waals surface area contributed by atoms with Crippen molar-refractivity contribution in [2.24, 2.45) is 0 Å². The monoisotopic (exact) mass is 296 g/mol. The van der Waals surface area contributed by atoms with E-state index < -0.39 is 0 Å². The molecule has 5 heteroatoms. The minimum Gasteiger partial charge on any atom is -0.398 e. The van der Waals surface area contributed by atoms with Gasteiger partial charge in [0.05, 0.1) is 5.69 Å². The Bertz CT molecular complexity index is 737. The first-order valence-electron chi connectivity index (χ1n) is 6.77. The van der Waals surface area contributed by atoms with Gasteiger partial charge in [-0.05, 0) is 36.2 Å². The number of hydrogen-bond acceptors (Lipinski definition) is 5. The summed E-state index contributed by atoms with van der Waals surface area (Å²) in [5.41, 5.74) is 10.9. The highest BCUT2D eigenvalue weighted by molar-refractivity contribution is 7.14. The number of benzene rings is 1. The number of hydrogen-bond donors (Lipinski definition) is 2. The van der Waals surface area contributed by atoms with E-state index in [-0.39, 0.29) is 0 Å². The summed E-state index contributed by atoms with van der Waals surface area (Å²) in [6, 6.07) is 9.93. The number of nitrogen functional groups attached to an aromatic ring is 1. The lowest BCUT2D eigenvalue weighted by Gasteiger charge is -2.07. The lowest BCUT2D eigenvalue weighted by Crippen LogP contribution is -1.96. The van der Waals surface area contributed by atoms with Crippen molar-refractivity contribution in [2.75, 3.05) is 11.1 Å². The fraction of sp³-hybridized carbons (Fsp3) is 0.125. The molecule has 3 rings (SSSR count). The lowest BCUT2D eigenvalue weighted by molar-refractivity contribution is 1.14. The van der Waals surface area contributed by atoms with E-state index in [0.29, 0.717) is 0 Å². The smallest absolute Gasteiger partial charge is 0.187 e. The highest BCUT2D eigenvalue weighted by Crippen LogP contribution is 2.28. The minimum absolute atomic E-state index is 0.812. The van der Waals surface area contributed by atoms with Crippen molar-refractivity contribution in [3.8, 4) is 11.3 Å². The second-order valence-corrected chi connectivity index (χ2v) is 5.53. The van der Waals surface area contributed by atoms with Crippen LogP contribution in [-0.2, 0) is 6.42 Å². The first kappa shape index (κ1) is 13.6. The zero-order valence-electron chi connectivity index (χ0n) is 11.7. The Hall–Kier alpha value is -2.40. The summed E-state index contributed by atoms with van der Waals surface area (Å²) in [4.78, 5) is 8.69. The molecule has 0 saturated carbocycles. The molecule has 0 amide bonds. The quantitative estimate of drug-likeness (QED) is 0.712. The van der Waals surface area contributed by atoms with Crippen molar-refractivity contribution in [2.45, 2.75) is 13.3 Å². The number of nitrogens with one attached hydrogen (secondary N) is 1. The van der Waals surface area contributed by atoms with Crippen LogP contribution in [-0.4, -0.2) is 9.97 Å². The predicted molar refractivity (Wildman–Crippen MR) is 88.9 cm³/mol. The van der Waals surface area contributed by atoms with Crippen LogP contribution >= 0.6 is 11.3 Å². The van der Waals surface area contributed by atoms with E-state index in [2.05, 4.69) is 22.2 Å². The maximum absolute atomic E-state index is 6.02. The summed E-state index contributed by atoms with van der Waals surface area (Å²) in [7, 11) is 0. The number of thiazole rings is 1. The molecule has 2 aromatic heterocycles. The lowest BCUT2D eigenvalue weighted by atomic mass is 10.1. The molecule has 0 fully saturated rings. The zero-order chi connectivity index (χ0) is 14.7. The fourth-order valence-electron chi connectivity index (χ4n) is 2.10. The van der Waals surface area contributed by atoms with Crippen LogP contribution in [0.5, 0.6) is 0 Å². The number of nitrogens with two attached hydrogens (primary N) is 1. The van der Waals surface area contributed by atoms with Gasteiger partial charge in [-0.3, -0.25) is 4.98 Å². The molecule has 0 aliphatic rings. The topological polar surface area (TPSA) is 63.8 Å². The summed E-state index contributed by atoms with van der Waals surface area (Å²) in [6.07, 6.45) is 4.51. The summed E-state index contributed by atoms with van der Waals surface area (Å²) in [5.74, 6) is 0. The molecule has 4 nitrogen and oxygen atoms in total. The van der Waals surface area contributed by atoms with Crippen LogP contribution in [0.25, 0.3) is 11.3 Å². The van der Waals surface area contributed by atoms with Gasteiger partial charge in [0.1, 0.15) is 0 Å². The highest BCUT2D eigenvalue weighted by Gasteiger charge is 2.06. The molecule has 3 N–H and O–H groups in total. The molecule has 0 radical (unpaired) electrons. The Morgan fingerprint density at radius 3 is 2.90 bits per heavy atom. The van der Waals surface area contributed by atoms with Gasteiger partial charge in [-0.1, -0.05) is 13.0 Å². The minimum atomic E-state index is 0.812. The normalized spacial score (nSPS) is 10.5. The maximum Gasteiger partial charge on any atom is 0.187 e. The third-order valence-corrected chi connectivity index (χ3v) is 4.00. The van der Waals surface area contributed by atoms with Crippen LogP contribution < -0.4 is 11.1 Å². The Balaban J connectivity index is 1.80. The van der Waals surface area contributed by atoms with Gasteiger partial charge in [0.2, 0.25) is 0 Å². The average Bonchev–Trinajstić information content (AvgIpc) is 2.97. The first-order valence-corrected chi connectivity index (χ1v) is 7.65. The van der Waals surface area contributed by atoms with Crippen LogP contribution in [0.2, 0.25) is 0 Å². The molecule has 0 saturated heterocycles. The van der Waals surface area contributed by atoms with E-state index in [4.69, 9.17) is 5.73 Å². The summed E-state index contributed by atoms with van der Waals surface area (Å²) in [6.45, 7) is 2.10. The van der Waals surface area contributed by atoms with Gasteiger partial charge in [0.15, 0.2) is 5.13 Å². The summed E-state index contributed by atoms with van der Waals surface area (Å²) < 4.78 is 0. The van der Waals surface area contributed by atoms with Crippen LogP contribution in [0, 0.1) is 0 Å². The van der Waals surface area contributed by atoms with Crippen molar-refractivity contribution in [3.63, 3.8) is 0 Å². The van der Waals surface area contributed by atoms with E-state index in [0.717, 1.165) is 39.7 Å². The third-order valence-electron chi connectivity index (χ3n) is 3.24. The van der Waals surface area contributed by atoms with Gasteiger partial charge in [0.25, 0.3) is 0 Å². The zero-order valence-corrected chi connectivity index (χ0v) is 12.5. The maximum atomic E-state index is 6.02. The first-order chi connectivity index (χ1) is 10.3. The van der Waals surface area contributed by atoms with Crippen molar-refractivity contribution in [3.05, 3.63) is 53.7 Å². The van der Waals surface area contributed by atoms with E-state index in [1.165, 1.54) is 0 Å².